The van der Waals surface area contributed by atoms with E-state index in [9.17, 15) is 0 Å². The zero-order chi connectivity index (χ0) is 13.3. The number of quaternary nitrogens is 1. The molecule has 1 aliphatic rings. The van der Waals surface area contributed by atoms with Crippen LogP contribution in [0.2, 0.25) is 5.02 Å². The van der Waals surface area contributed by atoms with Crippen LogP contribution in [0.5, 0.6) is 0 Å². The first-order valence-electron chi connectivity index (χ1n) is 6.60. The lowest BCUT2D eigenvalue weighted by Crippen LogP contribution is -2.91. The molecule has 0 radical (unpaired) electrons. The molecule has 6 heteroatoms. The summed E-state index contributed by atoms with van der Waals surface area (Å²) in [5.74, 6) is 0.926. The Labute approximate surface area is 117 Å². The molecule has 1 heterocycles. The van der Waals surface area contributed by atoms with E-state index in [2.05, 4.69) is 27.9 Å². The third-order valence-corrected chi connectivity index (χ3v) is 4.25. The summed E-state index contributed by atoms with van der Waals surface area (Å²) in [6, 6.07) is 7.64. The van der Waals surface area contributed by atoms with Crippen molar-refractivity contribution >= 4 is 11.6 Å². The average molecular weight is 279 g/mol. The highest BCUT2D eigenvalue weighted by atomic mass is 35.5. The molecule has 0 saturated heterocycles. The topological polar surface area (TPSA) is 60.2 Å². The van der Waals surface area contributed by atoms with Crippen LogP contribution >= 0.6 is 11.6 Å². The number of benzene rings is 1. The SMILES string of the molecule is C[NH2+]C1(c2nnnn2-c2cccc(Cl)c2)CCCC1. The van der Waals surface area contributed by atoms with Gasteiger partial charge in [0, 0.05) is 17.9 Å². The Morgan fingerprint density at radius 2 is 2.11 bits per heavy atom. The summed E-state index contributed by atoms with van der Waals surface area (Å²) in [5.41, 5.74) is 0.923. The van der Waals surface area contributed by atoms with Gasteiger partial charge in [-0.15, -0.1) is 5.10 Å². The molecule has 1 saturated carbocycles. The number of halogens is 1. The van der Waals surface area contributed by atoms with Gasteiger partial charge in [0.25, 0.3) is 0 Å². The van der Waals surface area contributed by atoms with E-state index in [-0.39, 0.29) is 5.54 Å². The molecule has 1 aliphatic carbocycles. The van der Waals surface area contributed by atoms with Crippen molar-refractivity contribution in [3.8, 4) is 5.69 Å². The van der Waals surface area contributed by atoms with Crippen molar-refractivity contribution in [2.24, 2.45) is 0 Å². The summed E-state index contributed by atoms with van der Waals surface area (Å²) < 4.78 is 1.82. The Balaban J connectivity index is 2.07. The molecule has 0 atom stereocenters. The molecule has 5 nitrogen and oxygen atoms in total. The fourth-order valence-electron chi connectivity index (χ4n) is 2.93. The second-order valence-electron chi connectivity index (χ2n) is 5.05. The van der Waals surface area contributed by atoms with Crippen LogP contribution in [0, 0.1) is 0 Å². The van der Waals surface area contributed by atoms with E-state index in [0.29, 0.717) is 5.02 Å². The maximum absolute atomic E-state index is 6.05. The van der Waals surface area contributed by atoms with E-state index in [1.165, 1.54) is 12.8 Å². The molecular weight excluding hydrogens is 262 g/mol. The number of aromatic nitrogens is 4. The lowest BCUT2D eigenvalue weighted by molar-refractivity contribution is -0.713. The van der Waals surface area contributed by atoms with Crippen LogP contribution in [0.15, 0.2) is 24.3 Å². The van der Waals surface area contributed by atoms with Gasteiger partial charge < -0.3 is 5.32 Å². The zero-order valence-electron chi connectivity index (χ0n) is 10.9. The average Bonchev–Trinajstić information content (AvgIpc) is 3.08. The van der Waals surface area contributed by atoms with Gasteiger partial charge >= 0.3 is 0 Å². The number of hydrogen-bond donors (Lipinski definition) is 1. The molecule has 0 amide bonds. The lowest BCUT2D eigenvalue weighted by Gasteiger charge is -2.23. The fraction of sp³-hybridized carbons (Fsp3) is 0.462. The van der Waals surface area contributed by atoms with Crippen LogP contribution < -0.4 is 5.32 Å². The van der Waals surface area contributed by atoms with Crippen molar-refractivity contribution in [2.45, 2.75) is 31.2 Å². The summed E-state index contributed by atoms with van der Waals surface area (Å²) in [5, 5.41) is 15.2. The maximum atomic E-state index is 6.05. The fourth-order valence-corrected chi connectivity index (χ4v) is 3.11. The van der Waals surface area contributed by atoms with Crippen molar-refractivity contribution in [1.29, 1.82) is 0 Å². The van der Waals surface area contributed by atoms with Crippen molar-refractivity contribution < 1.29 is 5.32 Å². The number of tetrazole rings is 1. The van der Waals surface area contributed by atoms with Gasteiger partial charge in [0.15, 0.2) is 5.54 Å². The summed E-state index contributed by atoms with van der Waals surface area (Å²) >= 11 is 6.05. The van der Waals surface area contributed by atoms with E-state index in [1.54, 1.807) is 0 Å². The Hall–Kier alpha value is -1.46. The third kappa shape index (κ3) is 2.13. The van der Waals surface area contributed by atoms with Crippen molar-refractivity contribution in [2.75, 3.05) is 7.05 Å². The summed E-state index contributed by atoms with van der Waals surface area (Å²) in [4.78, 5) is 0. The van der Waals surface area contributed by atoms with E-state index in [4.69, 9.17) is 11.6 Å². The predicted octanol–water partition coefficient (Wildman–Crippen LogP) is 1.28. The molecule has 0 bridgehead atoms. The van der Waals surface area contributed by atoms with Crippen LogP contribution in [-0.4, -0.2) is 27.3 Å². The quantitative estimate of drug-likeness (QED) is 0.920. The molecule has 100 valence electrons. The lowest BCUT2D eigenvalue weighted by atomic mass is 9.96. The normalized spacial score (nSPS) is 17.8. The van der Waals surface area contributed by atoms with Crippen LogP contribution in [0.4, 0.5) is 0 Å². The van der Waals surface area contributed by atoms with Gasteiger partial charge in [-0.1, -0.05) is 17.7 Å². The van der Waals surface area contributed by atoms with Gasteiger partial charge in [0.1, 0.15) is 0 Å². The summed E-state index contributed by atoms with van der Waals surface area (Å²) in [7, 11) is 2.10. The third-order valence-electron chi connectivity index (χ3n) is 4.02. The van der Waals surface area contributed by atoms with Gasteiger partial charge in [0.2, 0.25) is 5.82 Å². The van der Waals surface area contributed by atoms with Gasteiger partial charge in [0.05, 0.1) is 12.7 Å². The van der Waals surface area contributed by atoms with E-state index >= 15 is 0 Å². The molecule has 1 aromatic heterocycles. The number of nitrogens with zero attached hydrogens (tertiary/aromatic N) is 4. The Bertz CT molecular complexity index is 574. The molecule has 0 aliphatic heterocycles. The summed E-state index contributed by atoms with van der Waals surface area (Å²) in [6.07, 6.45) is 4.69. The van der Waals surface area contributed by atoms with Gasteiger partial charge in [-0.2, -0.15) is 4.68 Å². The van der Waals surface area contributed by atoms with Crippen molar-refractivity contribution in [3.05, 3.63) is 35.1 Å². The van der Waals surface area contributed by atoms with Crippen molar-refractivity contribution in [1.82, 2.24) is 20.2 Å². The minimum atomic E-state index is 0.00577. The smallest absolute Gasteiger partial charge is 0.217 e. The minimum Gasteiger partial charge on any atom is -0.337 e. The summed E-state index contributed by atoms with van der Waals surface area (Å²) in [6.45, 7) is 0. The Morgan fingerprint density at radius 3 is 2.79 bits per heavy atom. The molecule has 0 unspecified atom stereocenters. The second kappa shape index (κ2) is 4.90. The number of rotatable bonds is 3. The van der Waals surface area contributed by atoms with Crippen LogP contribution in [0.3, 0.4) is 0 Å². The molecule has 0 spiro atoms. The van der Waals surface area contributed by atoms with Gasteiger partial charge in [-0.05, 0) is 41.5 Å². The van der Waals surface area contributed by atoms with Crippen molar-refractivity contribution in [3.63, 3.8) is 0 Å². The Morgan fingerprint density at radius 1 is 1.32 bits per heavy atom. The second-order valence-corrected chi connectivity index (χ2v) is 5.48. The standard InChI is InChI=1S/C13H16ClN5/c1-15-13(7-2-3-8-13)12-16-17-18-19(12)11-6-4-5-10(14)9-11/h4-6,9,15H,2-3,7-8H2,1H3/p+1. The highest BCUT2D eigenvalue weighted by molar-refractivity contribution is 6.30. The zero-order valence-corrected chi connectivity index (χ0v) is 11.6. The van der Waals surface area contributed by atoms with E-state index < -0.39 is 0 Å². The number of hydrogen-bond acceptors (Lipinski definition) is 3. The molecule has 2 N–H and O–H groups in total. The largest absolute Gasteiger partial charge is 0.337 e. The van der Waals surface area contributed by atoms with Crippen LogP contribution in [-0.2, 0) is 5.54 Å². The first-order valence-corrected chi connectivity index (χ1v) is 6.98. The first kappa shape index (κ1) is 12.6. The number of nitrogens with two attached hydrogens (primary N) is 1. The van der Waals surface area contributed by atoms with Crippen LogP contribution in [0.1, 0.15) is 31.5 Å². The highest BCUT2D eigenvalue weighted by Gasteiger charge is 2.43. The maximum Gasteiger partial charge on any atom is 0.217 e. The molecule has 19 heavy (non-hydrogen) atoms. The molecule has 1 aromatic carbocycles. The van der Waals surface area contributed by atoms with Gasteiger partial charge in [-0.25, -0.2) is 0 Å². The predicted molar refractivity (Wildman–Crippen MR) is 72.2 cm³/mol. The first-order chi connectivity index (χ1) is 9.25. The van der Waals surface area contributed by atoms with E-state index in [1.807, 2.05) is 28.9 Å². The minimum absolute atomic E-state index is 0.00577. The highest BCUT2D eigenvalue weighted by Crippen LogP contribution is 2.34. The molecular formula is C13H17ClN5+. The van der Waals surface area contributed by atoms with Crippen LogP contribution in [0.25, 0.3) is 5.69 Å². The van der Waals surface area contributed by atoms with Gasteiger partial charge in [-0.3, -0.25) is 0 Å². The van der Waals surface area contributed by atoms with E-state index in [0.717, 1.165) is 24.4 Å². The molecule has 2 aromatic rings. The Kier molecular flexibility index (Phi) is 3.24. The molecule has 3 rings (SSSR count). The monoisotopic (exact) mass is 278 g/mol. The molecule has 1 fully saturated rings.